The third kappa shape index (κ3) is 5.11. The number of aromatic amines is 1. The summed E-state index contributed by atoms with van der Waals surface area (Å²) in [5, 5.41) is 10.2. The average Bonchev–Trinajstić information content (AvgIpc) is 3.45. The number of hydrogen-bond acceptors (Lipinski definition) is 5. The Morgan fingerprint density at radius 3 is 2.54 bits per heavy atom. The summed E-state index contributed by atoms with van der Waals surface area (Å²) >= 11 is 0. The van der Waals surface area contributed by atoms with Gasteiger partial charge in [-0.25, -0.2) is 4.98 Å². The first-order valence-electron chi connectivity index (χ1n) is 14.0. The van der Waals surface area contributed by atoms with E-state index in [9.17, 15) is 9.59 Å². The summed E-state index contributed by atoms with van der Waals surface area (Å²) in [6.07, 6.45) is 5.02. The minimum Gasteiger partial charge on any atom is -0.354 e. The van der Waals surface area contributed by atoms with Crippen molar-refractivity contribution in [3.63, 3.8) is 0 Å². The van der Waals surface area contributed by atoms with Crippen LogP contribution in [0, 0.1) is 13.8 Å². The number of aryl methyl sites for hydroxylation is 2. The van der Waals surface area contributed by atoms with Crippen LogP contribution < -0.4 is 21.1 Å². The molecule has 1 atom stereocenters. The fourth-order valence-electron chi connectivity index (χ4n) is 5.52. The fourth-order valence-corrected chi connectivity index (χ4v) is 5.52. The van der Waals surface area contributed by atoms with Crippen LogP contribution in [0.25, 0.3) is 22.0 Å². The van der Waals surface area contributed by atoms with Crippen molar-refractivity contribution in [2.45, 2.75) is 60.2 Å². The number of amides is 1. The first kappa shape index (κ1) is 26.7. The van der Waals surface area contributed by atoms with E-state index in [2.05, 4.69) is 70.4 Å². The van der Waals surface area contributed by atoms with Gasteiger partial charge in [0.2, 0.25) is 0 Å². The van der Waals surface area contributed by atoms with Gasteiger partial charge in [-0.2, -0.15) is 0 Å². The van der Waals surface area contributed by atoms with Crippen molar-refractivity contribution in [3.8, 4) is 11.1 Å². The second kappa shape index (κ2) is 11.1. The van der Waals surface area contributed by atoms with Crippen LogP contribution in [0.5, 0.6) is 0 Å². The minimum atomic E-state index is -0.194. The molecule has 39 heavy (non-hydrogen) atoms. The number of nitrogens with one attached hydrogen (secondary N) is 3. The van der Waals surface area contributed by atoms with E-state index in [4.69, 9.17) is 4.98 Å². The predicted octanol–water partition coefficient (Wildman–Crippen LogP) is 4.14. The van der Waals surface area contributed by atoms with Crippen molar-refractivity contribution in [2.75, 3.05) is 31.1 Å². The van der Waals surface area contributed by atoms with E-state index in [1.807, 2.05) is 26.1 Å². The maximum absolute atomic E-state index is 13.7. The number of fused-ring (bicyclic) bond motifs is 1. The van der Waals surface area contributed by atoms with Crippen molar-refractivity contribution < 1.29 is 4.79 Å². The molecule has 4 heterocycles. The van der Waals surface area contributed by atoms with Gasteiger partial charge in [0.25, 0.3) is 11.5 Å². The summed E-state index contributed by atoms with van der Waals surface area (Å²) in [4.78, 5) is 33.2. The number of nitrogens with zero attached hydrogens (tertiary/aromatic N) is 4. The molecule has 0 aliphatic carbocycles. The highest BCUT2D eigenvalue weighted by molar-refractivity contribution is 6.09. The lowest BCUT2D eigenvalue weighted by Gasteiger charge is -2.28. The Kier molecular flexibility index (Phi) is 7.61. The number of carbonyl (C=O) groups excluding carboxylic acids is 1. The van der Waals surface area contributed by atoms with Crippen LogP contribution in [0.4, 0.5) is 5.82 Å². The number of rotatable bonds is 8. The molecule has 206 valence electrons. The van der Waals surface area contributed by atoms with Gasteiger partial charge in [-0.1, -0.05) is 6.92 Å². The highest BCUT2D eigenvalue weighted by Gasteiger charge is 2.21. The van der Waals surface area contributed by atoms with Gasteiger partial charge < -0.3 is 20.1 Å². The van der Waals surface area contributed by atoms with Crippen LogP contribution >= 0.6 is 0 Å². The Morgan fingerprint density at radius 2 is 1.90 bits per heavy atom. The molecule has 9 nitrogen and oxygen atoms in total. The van der Waals surface area contributed by atoms with E-state index in [0.717, 1.165) is 71.7 Å². The Morgan fingerprint density at radius 1 is 1.13 bits per heavy atom. The summed E-state index contributed by atoms with van der Waals surface area (Å²) in [7, 11) is 0. The summed E-state index contributed by atoms with van der Waals surface area (Å²) in [6, 6.07) is 8.57. The highest BCUT2D eigenvalue weighted by Crippen LogP contribution is 2.34. The molecule has 0 bridgehead atoms. The van der Waals surface area contributed by atoms with E-state index in [1.54, 1.807) is 4.68 Å². The van der Waals surface area contributed by atoms with Gasteiger partial charge in [-0.05, 0) is 69.5 Å². The number of H-pyrrole nitrogens is 1. The molecule has 3 N–H and O–H groups in total. The monoisotopic (exact) mass is 529 g/mol. The predicted molar refractivity (Wildman–Crippen MR) is 157 cm³/mol. The summed E-state index contributed by atoms with van der Waals surface area (Å²) in [5.41, 5.74) is 5.87. The molecular weight excluding hydrogens is 490 g/mol. The molecule has 0 saturated carbocycles. The standard InChI is InChI=1S/C30H39N7O2/c1-6-20(4)36-18-19(3)28-24(29(38)33-17-25-21(5)37(7-2)34-30(25)39)14-23(15-26(28)36)22-8-9-27(32-16-22)35-12-10-31-11-13-35/h8-9,14-16,18,20,31H,6-7,10-13,17H2,1-5H3,(H,33,38)(H,34,39). The molecule has 4 aromatic rings. The number of anilines is 1. The van der Waals surface area contributed by atoms with Gasteiger partial charge >= 0.3 is 0 Å². The molecule has 1 aromatic carbocycles. The fraction of sp³-hybridized carbons (Fsp3) is 0.433. The number of carbonyl (C=O) groups is 1. The van der Waals surface area contributed by atoms with Crippen LogP contribution in [0.3, 0.4) is 0 Å². The smallest absolute Gasteiger partial charge is 0.269 e. The molecular formula is C30H39N7O2. The van der Waals surface area contributed by atoms with Gasteiger partial charge in [0.15, 0.2) is 0 Å². The van der Waals surface area contributed by atoms with Crippen LogP contribution in [0.1, 0.15) is 60.4 Å². The maximum atomic E-state index is 13.7. The minimum absolute atomic E-state index is 0.164. The van der Waals surface area contributed by atoms with Crippen LogP contribution in [-0.2, 0) is 13.1 Å². The normalized spacial score (nSPS) is 14.6. The number of hydrogen-bond donors (Lipinski definition) is 3. The zero-order chi connectivity index (χ0) is 27.7. The Labute approximate surface area is 229 Å². The summed E-state index contributed by atoms with van der Waals surface area (Å²) < 4.78 is 4.07. The zero-order valence-electron chi connectivity index (χ0n) is 23.6. The number of benzene rings is 1. The van der Waals surface area contributed by atoms with Crippen molar-refractivity contribution in [1.29, 1.82) is 0 Å². The Balaban J connectivity index is 1.53. The quantitative estimate of drug-likeness (QED) is 0.319. The number of aromatic nitrogens is 4. The molecule has 0 spiro atoms. The molecule has 9 heteroatoms. The van der Waals surface area contributed by atoms with Crippen LogP contribution in [0.2, 0.25) is 0 Å². The average molecular weight is 530 g/mol. The summed E-state index contributed by atoms with van der Waals surface area (Å²) in [6.45, 7) is 14.9. The molecule has 1 aliphatic heterocycles. The Hall–Kier alpha value is -3.85. The van der Waals surface area contributed by atoms with Gasteiger partial charge in [-0.3, -0.25) is 19.4 Å². The largest absolute Gasteiger partial charge is 0.354 e. The van der Waals surface area contributed by atoms with Gasteiger partial charge in [0, 0.05) is 78.9 Å². The topological polar surface area (TPSA) is 100.0 Å². The van der Waals surface area contributed by atoms with Crippen LogP contribution in [-0.4, -0.2) is 51.4 Å². The number of pyridine rings is 1. The van der Waals surface area contributed by atoms with E-state index in [1.165, 1.54) is 0 Å². The third-order valence-electron chi connectivity index (χ3n) is 8.05. The molecule has 1 saturated heterocycles. The number of piperazine rings is 1. The van der Waals surface area contributed by atoms with Gasteiger partial charge in [-0.15, -0.1) is 0 Å². The lowest BCUT2D eigenvalue weighted by Crippen LogP contribution is -2.43. The zero-order valence-corrected chi connectivity index (χ0v) is 23.6. The highest BCUT2D eigenvalue weighted by atomic mass is 16.2. The first-order valence-corrected chi connectivity index (χ1v) is 14.0. The third-order valence-corrected chi connectivity index (χ3v) is 8.05. The first-order chi connectivity index (χ1) is 18.8. The molecule has 1 unspecified atom stereocenters. The Bertz CT molecular complexity index is 1540. The SMILES string of the molecule is CCC(C)n1cc(C)c2c(C(=O)NCc3c(C)n(CC)[nH]c3=O)cc(-c3ccc(N4CCNCC4)nc3)cc21. The molecule has 5 rings (SSSR count). The van der Waals surface area contributed by atoms with Crippen molar-refractivity contribution in [3.05, 3.63) is 69.4 Å². The molecule has 1 amide bonds. The van der Waals surface area contributed by atoms with Gasteiger partial charge in [0.1, 0.15) is 5.82 Å². The van der Waals surface area contributed by atoms with E-state index in [0.29, 0.717) is 17.7 Å². The van der Waals surface area contributed by atoms with Crippen molar-refractivity contribution in [2.24, 2.45) is 0 Å². The van der Waals surface area contributed by atoms with Crippen LogP contribution in [0.15, 0.2) is 41.5 Å². The molecule has 0 radical (unpaired) electrons. The lowest BCUT2D eigenvalue weighted by atomic mass is 9.98. The van der Waals surface area contributed by atoms with E-state index >= 15 is 0 Å². The second-order valence-corrected chi connectivity index (χ2v) is 10.5. The molecule has 3 aromatic heterocycles. The second-order valence-electron chi connectivity index (χ2n) is 10.5. The maximum Gasteiger partial charge on any atom is 0.269 e. The van der Waals surface area contributed by atoms with E-state index in [-0.39, 0.29) is 24.1 Å². The summed E-state index contributed by atoms with van der Waals surface area (Å²) in [5.74, 6) is 0.776. The molecule has 1 aliphatic rings. The van der Waals surface area contributed by atoms with Crippen molar-refractivity contribution in [1.82, 2.24) is 30.0 Å². The lowest BCUT2D eigenvalue weighted by molar-refractivity contribution is 0.0952. The van der Waals surface area contributed by atoms with E-state index < -0.39 is 0 Å². The van der Waals surface area contributed by atoms with Gasteiger partial charge in [0.05, 0.1) is 12.1 Å². The van der Waals surface area contributed by atoms with Crippen molar-refractivity contribution >= 4 is 22.6 Å². The molecule has 1 fully saturated rings.